The summed E-state index contributed by atoms with van der Waals surface area (Å²) in [5.41, 5.74) is -0.707. The fourth-order valence-electron chi connectivity index (χ4n) is 0.912. The SMILES string of the molecule is CC(C)(CO)CO.CCCC(C)(C)C(C)(O)O. The van der Waals surface area contributed by atoms with Crippen LogP contribution in [0.15, 0.2) is 0 Å². The minimum atomic E-state index is -1.55. The maximum atomic E-state index is 9.23. The first-order valence-corrected chi connectivity index (χ1v) is 6.10. The second kappa shape index (κ2) is 7.31. The Morgan fingerprint density at radius 3 is 1.24 bits per heavy atom. The maximum Gasteiger partial charge on any atom is 0.164 e. The monoisotopic (exact) mass is 250 g/mol. The third kappa shape index (κ3) is 8.55. The third-order valence-corrected chi connectivity index (χ3v) is 3.01. The van der Waals surface area contributed by atoms with E-state index in [0.717, 1.165) is 12.8 Å². The Labute approximate surface area is 105 Å². The molecular formula is C13H30O4. The molecule has 0 aliphatic rings. The third-order valence-electron chi connectivity index (χ3n) is 3.01. The van der Waals surface area contributed by atoms with Crippen molar-refractivity contribution in [3.63, 3.8) is 0 Å². The summed E-state index contributed by atoms with van der Waals surface area (Å²) in [7, 11) is 0. The molecule has 0 spiro atoms. The molecule has 0 heterocycles. The molecule has 0 amide bonds. The molecule has 0 radical (unpaired) electrons. The second-order valence-corrected chi connectivity index (χ2v) is 6.14. The average molecular weight is 250 g/mol. The van der Waals surface area contributed by atoms with E-state index >= 15 is 0 Å². The van der Waals surface area contributed by atoms with Gasteiger partial charge in [-0.1, -0.05) is 41.0 Å². The molecule has 0 bridgehead atoms. The van der Waals surface area contributed by atoms with Gasteiger partial charge >= 0.3 is 0 Å². The zero-order valence-electron chi connectivity index (χ0n) is 12.1. The summed E-state index contributed by atoms with van der Waals surface area (Å²) in [6.45, 7) is 10.9. The van der Waals surface area contributed by atoms with Crippen molar-refractivity contribution in [3.8, 4) is 0 Å². The summed E-state index contributed by atoms with van der Waals surface area (Å²) < 4.78 is 0. The molecule has 0 fully saturated rings. The standard InChI is InChI=1S/C8H18O2.C5H12O2/c1-5-6-7(2,3)8(4,9)10;1-5(2,3-6)4-7/h9-10H,5-6H2,1-4H3;6-7H,3-4H2,1-2H3. The molecule has 17 heavy (non-hydrogen) atoms. The lowest BCUT2D eigenvalue weighted by Crippen LogP contribution is -2.41. The first kappa shape index (κ1) is 19.2. The fourth-order valence-corrected chi connectivity index (χ4v) is 0.912. The fraction of sp³-hybridized carbons (Fsp3) is 1.00. The maximum absolute atomic E-state index is 9.23. The van der Waals surface area contributed by atoms with Gasteiger partial charge in [-0.2, -0.15) is 0 Å². The Kier molecular flexibility index (Phi) is 8.25. The minimum Gasteiger partial charge on any atom is -0.396 e. The summed E-state index contributed by atoms with van der Waals surface area (Å²) in [6, 6.07) is 0. The highest BCUT2D eigenvalue weighted by Gasteiger charge is 2.36. The number of aliphatic hydroxyl groups is 4. The minimum absolute atomic E-state index is 0.0451. The molecule has 0 aromatic heterocycles. The quantitative estimate of drug-likeness (QED) is 0.558. The van der Waals surface area contributed by atoms with Crippen molar-refractivity contribution in [2.45, 2.75) is 60.2 Å². The van der Waals surface area contributed by atoms with Gasteiger partial charge in [0, 0.05) is 10.8 Å². The van der Waals surface area contributed by atoms with Crippen LogP contribution in [0.4, 0.5) is 0 Å². The molecule has 0 atom stereocenters. The average Bonchev–Trinajstić information content (AvgIpc) is 2.17. The van der Waals surface area contributed by atoms with E-state index in [1.165, 1.54) is 6.92 Å². The lowest BCUT2D eigenvalue weighted by Gasteiger charge is -2.35. The summed E-state index contributed by atoms with van der Waals surface area (Å²) in [5.74, 6) is -1.55. The highest BCUT2D eigenvalue weighted by molar-refractivity contribution is 4.79. The molecule has 0 unspecified atom stereocenters. The van der Waals surface area contributed by atoms with Crippen molar-refractivity contribution in [1.29, 1.82) is 0 Å². The van der Waals surface area contributed by atoms with Crippen LogP contribution in [0.5, 0.6) is 0 Å². The van der Waals surface area contributed by atoms with Crippen molar-refractivity contribution in [2.24, 2.45) is 10.8 Å². The number of hydrogen-bond acceptors (Lipinski definition) is 4. The molecular weight excluding hydrogens is 220 g/mol. The van der Waals surface area contributed by atoms with Gasteiger partial charge in [-0.05, 0) is 13.3 Å². The largest absolute Gasteiger partial charge is 0.396 e. The Hall–Kier alpha value is -0.160. The molecule has 0 saturated carbocycles. The number of aliphatic hydroxyl groups excluding tert-OH is 2. The topological polar surface area (TPSA) is 80.9 Å². The summed E-state index contributed by atoms with van der Waals surface area (Å²) in [5, 5.41) is 35.3. The van der Waals surface area contributed by atoms with Crippen LogP contribution in [0, 0.1) is 10.8 Å². The van der Waals surface area contributed by atoms with E-state index in [0.29, 0.717) is 0 Å². The lowest BCUT2D eigenvalue weighted by atomic mass is 9.80. The highest BCUT2D eigenvalue weighted by Crippen LogP contribution is 2.32. The molecule has 0 aliphatic heterocycles. The first-order valence-electron chi connectivity index (χ1n) is 6.10. The molecule has 4 nitrogen and oxygen atoms in total. The molecule has 106 valence electrons. The van der Waals surface area contributed by atoms with Crippen LogP contribution in [-0.2, 0) is 0 Å². The van der Waals surface area contributed by atoms with E-state index in [1.807, 2.05) is 20.8 Å². The Balaban J connectivity index is 0. The smallest absolute Gasteiger partial charge is 0.164 e. The van der Waals surface area contributed by atoms with Gasteiger partial charge in [0.05, 0.1) is 13.2 Å². The van der Waals surface area contributed by atoms with Gasteiger partial charge in [0.25, 0.3) is 0 Å². The molecule has 4 N–H and O–H groups in total. The number of rotatable bonds is 5. The Bertz CT molecular complexity index is 186. The van der Waals surface area contributed by atoms with Gasteiger partial charge in [-0.3, -0.25) is 0 Å². The zero-order chi connectivity index (χ0) is 14.3. The van der Waals surface area contributed by atoms with E-state index in [9.17, 15) is 10.2 Å². The Morgan fingerprint density at radius 2 is 1.18 bits per heavy atom. The predicted octanol–water partition coefficient (Wildman–Crippen LogP) is 1.51. The van der Waals surface area contributed by atoms with E-state index in [2.05, 4.69) is 0 Å². The van der Waals surface area contributed by atoms with E-state index in [1.54, 1.807) is 13.8 Å². The van der Waals surface area contributed by atoms with Gasteiger partial charge in [-0.25, -0.2) is 0 Å². The molecule has 0 aliphatic carbocycles. The Morgan fingerprint density at radius 1 is 0.824 bits per heavy atom. The summed E-state index contributed by atoms with van der Waals surface area (Å²) in [4.78, 5) is 0. The van der Waals surface area contributed by atoms with Crippen molar-refractivity contribution in [3.05, 3.63) is 0 Å². The van der Waals surface area contributed by atoms with Crippen LogP contribution in [0.1, 0.15) is 54.4 Å². The van der Waals surface area contributed by atoms with Crippen LogP contribution in [0.3, 0.4) is 0 Å². The van der Waals surface area contributed by atoms with Crippen molar-refractivity contribution in [1.82, 2.24) is 0 Å². The van der Waals surface area contributed by atoms with Gasteiger partial charge in [0.1, 0.15) is 0 Å². The lowest BCUT2D eigenvalue weighted by molar-refractivity contribution is -0.220. The first-order chi connectivity index (χ1) is 7.43. The predicted molar refractivity (Wildman–Crippen MR) is 69.5 cm³/mol. The molecule has 4 heteroatoms. The van der Waals surface area contributed by atoms with Gasteiger partial charge in [-0.15, -0.1) is 0 Å². The molecule has 0 saturated heterocycles. The van der Waals surface area contributed by atoms with E-state index in [-0.39, 0.29) is 18.6 Å². The number of hydrogen-bond donors (Lipinski definition) is 4. The molecule has 0 aromatic carbocycles. The van der Waals surface area contributed by atoms with E-state index in [4.69, 9.17) is 10.2 Å². The van der Waals surface area contributed by atoms with Crippen molar-refractivity contribution in [2.75, 3.05) is 13.2 Å². The van der Waals surface area contributed by atoms with Crippen LogP contribution in [0.2, 0.25) is 0 Å². The highest BCUT2D eigenvalue weighted by atomic mass is 16.5. The molecule has 0 rings (SSSR count). The second-order valence-electron chi connectivity index (χ2n) is 6.14. The van der Waals surface area contributed by atoms with Gasteiger partial charge in [0.2, 0.25) is 0 Å². The van der Waals surface area contributed by atoms with Gasteiger partial charge < -0.3 is 20.4 Å². The molecule has 0 aromatic rings. The van der Waals surface area contributed by atoms with Crippen molar-refractivity contribution >= 4 is 0 Å². The summed E-state index contributed by atoms with van der Waals surface area (Å²) >= 11 is 0. The zero-order valence-corrected chi connectivity index (χ0v) is 12.1. The van der Waals surface area contributed by atoms with Gasteiger partial charge in [0.15, 0.2) is 5.79 Å². The van der Waals surface area contributed by atoms with Crippen molar-refractivity contribution < 1.29 is 20.4 Å². The van der Waals surface area contributed by atoms with Crippen LogP contribution >= 0.6 is 0 Å². The van der Waals surface area contributed by atoms with Crippen LogP contribution in [0.25, 0.3) is 0 Å². The van der Waals surface area contributed by atoms with Crippen LogP contribution < -0.4 is 0 Å². The summed E-state index contributed by atoms with van der Waals surface area (Å²) in [6.07, 6.45) is 1.81. The van der Waals surface area contributed by atoms with E-state index < -0.39 is 11.2 Å². The van der Waals surface area contributed by atoms with Crippen LogP contribution in [-0.4, -0.2) is 39.4 Å². The normalized spacial score (nSPS) is 13.1.